The monoisotopic (exact) mass is 208 g/mol. The van der Waals surface area contributed by atoms with Crippen molar-refractivity contribution in [2.45, 2.75) is 58.5 Å². The fourth-order valence-electron chi connectivity index (χ4n) is 2.11. The molecule has 0 saturated heterocycles. The Morgan fingerprint density at radius 3 is 2.80 bits per heavy atom. The molecule has 0 radical (unpaired) electrons. The van der Waals surface area contributed by atoms with Crippen LogP contribution in [0.4, 0.5) is 0 Å². The largest absolute Gasteiger partial charge is 0.374 e. The van der Waals surface area contributed by atoms with Crippen molar-refractivity contribution in [1.29, 1.82) is 0 Å². The van der Waals surface area contributed by atoms with Crippen LogP contribution in [0.15, 0.2) is 23.8 Å². The van der Waals surface area contributed by atoms with Crippen LogP contribution in [0.1, 0.15) is 52.4 Å². The predicted molar refractivity (Wildman–Crippen MR) is 66.0 cm³/mol. The summed E-state index contributed by atoms with van der Waals surface area (Å²) in [5.41, 5.74) is 3.14. The number of ether oxygens (including phenoxy) is 1. The van der Waals surface area contributed by atoms with Crippen molar-refractivity contribution >= 4 is 0 Å². The quantitative estimate of drug-likeness (QED) is 0.593. The molecule has 0 aromatic heterocycles. The van der Waals surface area contributed by atoms with Crippen LogP contribution in [0, 0.1) is 0 Å². The maximum atomic E-state index is 5.80. The van der Waals surface area contributed by atoms with E-state index in [-0.39, 0.29) is 0 Å². The van der Waals surface area contributed by atoms with E-state index in [0.29, 0.717) is 6.10 Å². The topological polar surface area (TPSA) is 9.23 Å². The smallest absolute Gasteiger partial charge is 0.0686 e. The highest BCUT2D eigenvalue weighted by atomic mass is 16.5. The van der Waals surface area contributed by atoms with Gasteiger partial charge in [0.1, 0.15) is 0 Å². The molecule has 1 unspecified atom stereocenters. The van der Waals surface area contributed by atoms with E-state index in [1.54, 1.807) is 5.57 Å². The second-order valence-electron chi connectivity index (χ2n) is 4.35. The van der Waals surface area contributed by atoms with Gasteiger partial charge in [-0.1, -0.05) is 31.9 Å². The molecule has 1 nitrogen and oxygen atoms in total. The molecular formula is C14H24O. The highest BCUT2D eigenvalue weighted by molar-refractivity contribution is 5.20. The van der Waals surface area contributed by atoms with Crippen LogP contribution in [0.25, 0.3) is 0 Å². The summed E-state index contributed by atoms with van der Waals surface area (Å²) in [6, 6.07) is 0. The molecule has 0 aliphatic carbocycles. The molecule has 0 spiro atoms. The molecular weight excluding hydrogens is 184 g/mol. The minimum atomic E-state index is 0.463. The Hall–Kier alpha value is -0.560. The van der Waals surface area contributed by atoms with Gasteiger partial charge in [-0.05, 0) is 37.7 Å². The molecule has 15 heavy (non-hydrogen) atoms. The second-order valence-corrected chi connectivity index (χ2v) is 4.35. The number of hydrogen-bond acceptors (Lipinski definition) is 1. The molecule has 1 heterocycles. The van der Waals surface area contributed by atoms with Gasteiger partial charge in [-0.2, -0.15) is 0 Å². The summed E-state index contributed by atoms with van der Waals surface area (Å²) in [7, 11) is 0. The second kappa shape index (κ2) is 6.84. The Balaban J connectivity index is 2.62. The molecule has 0 bridgehead atoms. The number of hydrogen-bond donors (Lipinski definition) is 0. The van der Waals surface area contributed by atoms with E-state index in [0.717, 1.165) is 25.9 Å². The van der Waals surface area contributed by atoms with Gasteiger partial charge in [0.15, 0.2) is 0 Å². The summed E-state index contributed by atoms with van der Waals surface area (Å²) in [6.07, 6.45) is 9.61. The van der Waals surface area contributed by atoms with Gasteiger partial charge in [-0.25, -0.2) is 0 Å². The van der Waals surface area contributed by atoms with E-state index in [9.17, 15) is 0 Å². The molecule has 0 aromatic carbocycles. The van der Waals surface area contributed by atoms with Crippen molar-refractivity contribution in [3.8, 4) is 0 Å². The normalized spacial score (nSPS) is 21.9. The van der Waals surface area contributed by atoms with Crippen molar-refractivity contribution in [1.82, 2.24) is 0 Å². The summed E-state index contributed by atoms with van der Waals surface area (Å²) in [5.74, 6) is 0. The molecule has 0 amide bonds. The van der Waals surface area contributed by atoms with E-state index in [1.807, 2.05) is 6.08 Å². The van der Waals surface area contributed by atoms with Gasteiger partial charge in [0.25, 0.3) is 0 Å². The van der Waals surface area contributed by atoms with E-state index < -0.39 is 0 Å². The SMILES string of the molecule is C=CCC1=C(CCCC)CC(CC)OC1. The molecule has 1 aliphatic rings. The van der Waals surface area contributed by atoms with Crippen LogP contribution >= 0.6 is 0 Å². The third kappa shape index (κ3) is 3.83. The molecule has 1 rings (SSSR count). The van der Waals surface area contributed by atoms with Gasteiger partial charge >= 0.3 is 0 Å². The highest BCUT2D eigenvalue weighted by Crippen LogP contribution is 2.28. The first-order chi connectivity index (χ1) is 7.31. The van der Waals surface area contributed by atoms with Gasteiger partial charge in [-0.15, -0.1) is 6.58 Å². The van der Waals surface area contributed by atoms with Crippen molar-refractivity contribution in [2.75, 3.05) is 6.61 Å². The van der Waals surface area contributed by atoms with Crippen molar-refractivity contribution in [3.63, 3.8) is 0 Å². The van der Waals surface area contributed by atoms with Gasteiger partial charge < -0.3 is 4.74 Å². The van der Waals surface area contributed by atoms with E-state index in [1.165, 1.54) is 24.8 Å². The fraction of sp³-hybridized carbons (Fsp3) is 0.714. The average Bonchev–Trinajstić information content (AvgIpc) is 2.28. The number of unbranched alkanes of at least 4 members (excludes halogenated alkanes) is 1. The van der Waals surface area contributed by atoms with E-state index in [2.05, 4.69) is 20.4 Å². The maximum absolute atomic E-state index is 5.80. The van der Waals surface area contributed by atoms with Crippen LogP contribution in [0.2, 0.25) is 0 Å². The lowest BCUT2D eigenvalue weighted by Crippen LogP contribution is -2.21. The molecule has 1 heteroatoms. The summed E-state index contributed by atoms with van der Waals surface area (Å²) in [5, 5.41) is 0. The minimum absolute atomic E-state index is 0.463. The van der Waals surface area contributed by atoms with E-state index >= 15 is 0 Å². The van der Waals surface area contributed by atoms with Crippen LogP contribution in [-0.2, 0) is 4.74 Å². The van der Waals surface area contributed by atoms with Gasteiger partial charge in [0.05, 0.1) is 12.7 Å². The Labute approximate surface area is 94.2 Å². The van der Waals surface area contributed by atoms with Gasteiger partial charge in [0, 0.05) is 0 Å². The molecule has 0 fully saturated rings. The van der Waals surface area contributed by atoms with Crippen LogP contribution in [0.3, 0.4) is 0 Å². The van der Waals surface area contributed by atoms with Gasteiger partial charge in [0.2, 0.25) is 0 Å². The van der Waals surface area contributed by atoms with Crippen molar-refractivity contribution in [2.24, 2.45) is 0 Å². The maximum Gasteiger partial charge on any atom is 0.0686 e. The predicted octanol–water partition coefficient (Wildman–Crippen LogP) is 4.25. The third-order valence-electron chi connectivity index (χ3n) is 3.15. The highest BCUT2D eigenvalue weighted by Gasteiger charge is 2.18. The fourth-order valence-corrected chi connectivity index (χ4v) is 2.11. The Morgan fingerprint density at radius 2 is 2.20 bits per heavy atom. The average molecular weight is 208 g/mol. The summed E-state index contributed by atoms with van der Waals surface area (Å²) < 4.78 is 5.80. The van der Waals surface area contributed by atoms with Gasteiger partial charge in [-0.3, -0.25) is 0 Å². The van der Waals surface area contributed by atoms with Crippen LogP contribution in [-0.4, -0.2) is 12.7 Å². The van der Waals surface area contributed by atoms with Crippen LogP contribution < -0.4 is 0 Å². The first kappa shape index (κ1) is 12.5. The Morgan fingerprint density at radius 1 is 1.40 bits per heavy atom. The summed E-state index contributed by atoms with van der Waals surface area (Å²) in [4.78, 5) is 0. The number of rotatable bonds is 6. The molecule has 1 aliphatic heterocycles. The summed E-state index contributed by atoms with van der Waals surface area (Å²) >= 11 is 0. The lowest BCUT2D eigenvalue weighted by Gasteiger charge is -2.27. The zero-order chi connectivity index (χ0) is 11.1. The molecule has 86 valence electrons. The van der Waals surface area contributed by atoms with Crippen LogP contribution in [0.5, 0.6) is 0 Å². The standard InChI is InChI=1S/C14H24O/c1-4-7-9-12-10-14(6-3)15-11-13(12)8-5-2/h5,14H,2,4,6-11H2,1,3H3. The zero-order valence-corrected chi connectivity index (χ0v) is 10.2. The molecule has 0 N–H and O–H groups in total. The molecule has 1 atom stereocenters. The zero-order valence-electron chi connectivity index (χ0n) is 10.2. The lowest BCUT2D eigenvalue weighted by atomic mass is 9.92. The third-order valence-corrected chi connectivity index (χ3v) is 3.15. The molecule has 0 saturated carbocycles. The van der Waals surface area contributed by atoms with Crippen molar-refractivity contribution in [3.05, 3.63) is 23.8 Å². The first-order valence-electron chi connectivity index (χ1n) is 6.24. The first-order valence-corrected chi connectivity index (χ1v) is 6.24. The lowest BCUT2D eigenvalue weighted by molar-refractivity contribution is 0.0536. The van der Waals surface area contributed by atoms with E-state index in [4.69, 9.17) is 4.74 Å². The summed E-state index contributed by atoms with van der Waals surface area (Å²) in [6.45, 7) is 9.12. The number of allylic oxidation sites excluding steroid dienone is 1. The Kier molecular flexibility index (Phi) is 5.70. The molecule has 0 aromatic rings. The Bertz CT molecular complexity index is 227. The van der Waals surface area contributed by atoms with Crippen molar-refractivity contribution < 1.29 is 4.74 Å². The minimum Gasteiger partial charge on any atom is -0.374 e.